The topological polar surface area (TPSA) is 72.9 Å². The lowest BCUT2D eigenvalue weighted by Crippen LogP contribution is -2.31. The van der Waals surface area contributed by atoms with E-state index < -0.39 is 0 Å². The molecular formula is C10H16N4OS. The van der Waals surface area contributed by atoms with Crippen molar-refractivity contribution < 1.29 is 4.79 Å². The van der Waals surface area contributed by atoms with Crippen molar-refractivity contribution in [1.82, 2.24) is 15.1 Å². The molecule has 1 fully saturated rings. The van der Waals surface area contributed by atoms with E-state index in [0.29, 0.717) is 17.3 Å². The lowest BCUT2D eigenvalue weighted by molar-refractivity contribution is 0.0940. The number of carbonyl (C=O) groups is 1. The molecule has 1 amide bonds. The molecule has 1 aliphatic heterocycles. The van der Waals surface area contributed by atoms with Crippen molar-refractivity contribution in [3.63, 3.8) is 0 Å². The van der Waals surface area contributed by atoms with Gasteiger partial charge in [0.05, 0.1) is 11.9 Å². The average Bonchev–Trinajstić information content (AvgIpc) is 2.86. The van der Waals surface area contributed by atoms with E-state index in [1.807, 2.05) is 11.8 Å². The van der Waals surface area contributed by atoms with Crippen LogP contribution in [-0.4, -0.2) is 33.7 Å². The minimum absolute atomic E-state index is 0.130. The number of aryl methyl sites for hydroxylation is 1. The van der Waals surface area contributed by atoms with Crippen LogP contribution in [0.25, 0.3) is 0 Å². The molecule has 0 radical (unpaired) electrons. The maximum Gasteiger partial charge on any atom is 0.271 e. The number of nitrogens with one attached hydrogen (secondary N) is 1. The summed E-state index contributed by atoms with van der Waals surface area (Å²) in [6.07, 6.45) is 2.69. The Kier molecular flexibility index (Phi) is 3.38. The molecule has 2 rings (SSSR count). The van der Waals surface area contributed by atoms with Gasteiger partial charge in [0.15, 0.2) is 0 Å². The average molecular weight is 240 g/mol. The number of aromatic nitrogens is 2. The molecule has 3 N–H and O–H groups in total. The van der Waals surface area contributed by atoms with Crippen molar-refractivity contribution in [2.45, 2.75) is 6.42 Å². The van der Waals surface area contributed by atoms with Crippen LogP contribution in [0.5, 0.6) is 0 Å². The van der Waals surface area contributed by atoms with Crippen molar-refractivity contribution in [1.29, 1.82) is 0 Å². The zero-order chi connectivity index (χ0) is 11.5. The first-order valence-electron chi connectivity index (χ1n) is 5.32. The van der Waals surface area contributed by atoms with Crippen molar-refractivity contribution in [2.24, 2.45) is 13.0 Å². The van der Waals surface area contributed by atoms with Crippen molar-refractivity contribution >= 4 is 23.4 Å². The van der Waals surface area contributed by atoms with Gasteiger partial charge in [-0.3, -0.25) is 9.48 Å². The first-order chi connectivity index (χ1) is 7.68. The van der Waals surface area contributed by atoms with E-state index in [9.17, 15) is 4.79 Å². The Morgan fingerprint density at radius 2 is 2.62 bits per heavy atom. The summed E-state index contributed by atoms with van der Waals surface area (Å²) in [5, 5.41) is 6.86. The monoisotopic (exact) mass is 240 g/mol. The fourth-order valence-corrected chi connectivity index (χ4v) is 3.08. The smallest absolute Gasteiger partial charge is 0.271 e. The molecule has 1 saturated heterocycles. The highest BCUT2D eigenvalue weighted by Gasteiger charge is 2.19. The van der Waals surface area contributed by atoms with Gasteiger partial charge in [0, 0.05) is 13.6 Å². The van der Waals surface area contributed by atoms with Crippen LogP contribution in [0.1, 0.15) is 16.9 Å². The lowest BCUT2D eigenvalue weighted by Gasteiger charge is -2.10. The summed E-state index contributed by atoms with van der Waals surface area (Å²) in [6, 6.07) is 0. The minimum atomic E-state index is -0.130. The van der Waals surface area contributed by atoms with E-state index in [4.69, 9.17) is 5.73 Å². The van der Waals surface area contributed by atoms with E-state index in [0.717, 1.165) is 12.3 Å². The van der Waals surface area contributed by atoms with Crippen LogP contribution in [0, 0.1) is 5.92 Å². The van der Waals surface area contributed by atoms with Gasteiger partial charge in [-0.15, -0.1) is 0 Å². The molecule has 88 valence electrons. The number of amides is 1. The Morgan fingerprint density at radius 1 is 1.81 bits per heavy atom. The normalized spacial score (nSPS) is 19.9. The van der Waals surface area contributed by atoms with Gasteiger partial charge >= 0.3 is 0 Å². The minimum Gasteiger partial charge on any atom is -0.396 e. The zero-order valence-corrected chi connectivity index (χ0v) is 10.1. The van der Waals surface area contributed by atoms with Crippen LogP contribution < -0.4 is 11.1 Å². The molecule has 1 aliphatic rings. The molecule has 5 nitrogen and oxygen atoms in total. The van der Waals surface area contributed by atoms with E-state index in [1.165, 1.54) is 23.1 Å². The van der Waals surface area contributed by atoms with Gasteiger partial charge < -0.3 is 11.1 Å². The molecule has 0 aliphatic carbocycles. The van der Waals surface area contributed by atoms with Crippen LogP contribution in [0.15, 0.2) is 6.20 Å². The van der Waals surface area contributed by atoms with Crippen molar-refractivity contribution in [2.75, 3.05) is 23.8 Å². The van der Waals surface area contributed by atoms with Gasteiger partial charge in [-0.25, -0.2) is 0 Å². The molecule has 0 aromatic carbocycles. The molecule has 2 heterocycles. The van der Waals surface area contributed by atoms with E-state index >= 15 is 0 Å². The molecule has 1 atom stereocenters. The van der Waals surface area contributed by atoms with E-state index in [-0.39, 0.29) is 5.91 Å². The zero-order valence-electron chi connectivity index (χ0n) is 9.27. The fraction of sp³-hybridized carbons (Fsp3) is 0.600. The lowest BCUT2D eigenvalue weighted by atomic mass is 10.1. The number of hydrogen-bond donors (Lipinski definition) is 2. The molecular weight excluding hydrogens is 224 g/mol. The molecule has 0 bridgehead atoms. The molecule has 0 spiro atoms. The number of nitrogens with zero attached hydrogens (tertiary/aromatic N) is 2. The molecule has 0 saturated carbocycles. The summed E-state index contributed by atoms with van der Waals surface area (Å²) >= 11 is 1.94. The molecule has 6 heteroatoms. The Labute approximate surface area is 98.8 Å². The highest BCUT2D eigenvalue weighted by Crippen LogP contribution is 2.22. The SMILES string of the molecule is Cn1ncc(N)c1C(=O)NCC1CCSC1. The summed E-state index contributed by atoms with van der Waals surface area (Å²) in [4.78, 5) is 11.8. The van der Waals surface area contributed by atoms with Gasteiger partial charge in [0.2, 0.25) is 0 Å². The summed E-state index contributed by atoms with van der Waals surface area (Å²) < 4.78 is 1.51. The number of thioether (sulfide) groups is 1. The van der Waals surface area contributed by atoms with Crippen LogP contribution >= 0.6 is 11.8 Å². The second-order valence-corrected chi connectivity index (χ2v) is 5.16. The maximum absolute atomic E-state index is 11.8. The van der Waals surface area contributed by atoms with E-state index in [1.54, 1.807) is 7.05 Å². The van der Waals surface area contributed by atoms with E-state index in [2.05, 4.69) is 10.4 Å². The largest absolute Gasteiger partial charge is 0.396 e. The highest BCUT2D eigenvalue weighted by molar-refractivity contribution is 7.99. The quantitative estimate of drug-likeness (QED) is 0.806. The summed E-state index contributed by atoms with van der Waals surface area (Å²) in [7, 11) is 1.72. The third-order valence-electron chi connectivity index (χ3n) is 2.76. The number of carbonyl (C=O) groups excluding carboxylic acids is 1. The Morgan fingerprint density at radius 3 is 3.19 bits per heavy atom. The third-order valence-corrected chi connectivity index (χ3v) is 3.99. The third kappa shape index (κ3) is 2.32. The van der Waals surface area contributed by atoms with Gasteiger partial charge in [0.1, 0.15) is 5.69 Å². The Hall–Kier alpha value is -1.17. The number of nitrogens with two attached hydrogens (primary N) is 1. The fourth-order valence-electron chi connectivity index (χ4n) is 1.80. The van der Waals surface area contributed by atoms with Crippen LogP contribution in [0.4, 0.5) is 5.69 Å². The van der Waals surface area contributed by atoms with Gasteiger partial charge in [-0.1, -0.05) is 0 Å². The molecule has 16 heavy (non-hydrogen) atoms. The highest BCUT2D eigenvalue weighted by atomic mass is 32.2. The number of nitrogen functional groups attached to an aromatic ring is 1. The maximum atomic E-state index is 11.8. The van der Waals surface area contributed by atoms with Crippen LogP contribution in [0.3, 0.4) is 0 Å². The molecule has 1 aromatic rings. The second-order valence-electron chi connectivity index (χ2n) is 4.01. The van der Waals surface area contributed by atoms with Gasteiger partial charge in [-0.05, 0) is 23.8 Å². The number of hydrogen-bond acceptors (Lipinski definition) is 4. The summed E-state index contributed by atoms with van der Waals surface area (Å²) in [5.41, 5.74) is 6.56. The van der Waals surface area contributed by atoms with Gasteiger partial charge in [-0.2, -0.15) is 16.9 Å². The van der Waals surface area contributed by atoms with Crippen LogP contribution in [-0.2, 0) is 7.05 Å². The Bertz CT molecular complexity index is 365. The summed E-state index contributed by atoms with van der Waals surface area (Å²) in [6.45, 7) is 0.733. The first kappa shape index (κ1) is 11.3. The van der Waals surface area contributed by atoms with Crippen molar-refractivity contribution in [3.8, 4) is 0 Å². The standard InChI is InChI=1S/C10H16N4OS/c1-14-9(8(11)5-13-14)10(15)12-4-7-2-3-16-6-7/h5,7H,2-4,6,11H2,1H3,(H,12,15). The van der Waals surface area contributed by atoms with Crippen molar-refractivity contribution in [3.05, 3.63) is 11.9 Å². The number of anilines is 1. The number of rotatable bonds is 3. The van der Waals surface area contributed by atoms with Crippen LogP contribution in [0.2, 0.25) is 0 Å². The second kappa shape index (κ2) is 4.78. The predicted octanol–water partition coefficient (Wildman–Crippen LogP) is 0.485. The first-order valence-corrected chi connectivity index (χ1v) is 6.47. The molecule has 1 unspecified atom stereocenters. The Balaban J connectivity index is 1.92. The van der Waals surface area contributed by atoms with Gasteiger partial charge in [0.25, 0.3) is 5.91 Å². The molecule has 1 aromatic heterocycles. The summed E-state index contributed by atoms with van der Waals surface area (Å²) in [5.74, 6) is 2.81. The predicted molar refractivity (Wildman–Crippen MR) is 65.4 cm³/mol.